The lowest BCUT2D eigenvalue weighted by Gasteiger charge is -2.12. The van der Waals surface area contributed by atoms with Crippen LogP contribution in [0.15, 0.2) is 42.6 Å². The molecule has 2 aromatic carbocycles. The Kier molecular flexibility index (Phi) is 3.88. The van der Waals surface area contributed by atoms with Crippen LogP contribution in [0.3, 0.4) is 0 Å². The molecule has 6 heteroatoms. The zero-order valence-corrected chi connectivity index (χ0v) is 13.4. The van der Waals surface area contributed by atoms with Crippen molar-refractivity contribution < 1.29 is 4.92 Å². The maximum absolute atomic E-state index is 10.8. The van der Waals surface area contributed by atoms with Crippen LogP contribution in [0.5, 0.6) is 0 Å². The molecule has 0 aliphatic rings. The Morgan fingerprint density at radius 1 is 1.13 bits per heavy atom. The van der Waals surface area contributed by atoms with Crippen molar-refractivity contribution in [3.05, 3.63) is 68.9 Å². The fourth-order valence-electron chi connectivity index (χ4n) is 2.59. The molecule has 0 bridgehead atoms. The van der Waals surface area contributed by atoms with E-state index in [1.807, 2.05) is 19.9 Å². The standard InChI is InChI=1S/C17H14ClN3O2/c1-10-7-11(2)17-13(8-10)15(5-6-19-17)20-16-4-3-12(21(22)23)9-14(16)18/h3-9H,1-2H3,(H,19,20). The van der Waals surface area contributed by atoms with E-state index >= 15 is 0 Å². The van der Waals surface area contributed by atoms with Crippen LogP contribution in [-0.2, 0) is 0 Å². The van der Waals surface area contributed by atoms with E-state index in [1.165, 1.54) is 12.1 Å². The summed E-state index contributed by atoms with van der Waals surface area (Å²) in [4.78, 5) is 14.7. The predicted octanol–water partition coefficient (Wildman–Crippen LogP) is 5.16. The van der Waals surface area contributed by atoms with Crippen LogP contribution in [0.25, 0.3) is 10.9 Å². The second-order valence-electron chi connectivity index (χ2n) is 5.38. The van der Waals surface area contributed by atoms with Crippen molar-refractivity contribution in [2.24, 2.45) is 0 Å². The molecule has 0 amide bonds. The highest BCUT2D eigenvalue weighted by Gasteiger charge is 2.11. The third kappa shape index (κ3) is 2.96. The summed E-state index contributed by atoms with van der Waals surface area (Å²) in [6.07, 6.45) is 1.73. The first-order valence-corrected chi connectivity index (χ1v) is 7.40. The van der Waals surface area contributed by atoms with E-state index < -0.39 is 4.92 Å². The summed E-state index contributed by atoms with van der Waals surface area (Å²) >= 11 is 6.15. The SMILES string of the molecule is Cc1cc(C)c2nccc(Nc3ccc([N+](=O)[O-])cc3Cl)c2c1. The molecule has 23 heavy (non-hydrogen) atoms. The van der Waals surface area contributed by atoms with E-state index in [9.17, 15) is 10.1 Å². The van der Waals surface area contributed by atoms with E-state index in [1.54, 1.807) is 12.3 Å². The number of nitrogens with one attached hydrogen (secondary N) is 1. The van der Waals surface area contributed by atoms with Gasteiger partial charge in [-0.25, -0.2) is 0 Å². The van der Waals surface area contributed by atoms with Crippen molar-refractivity contribution in [2.75, 3.05) is 5.32 Å². The van der Waals surface area contributed by atoms with Crippen molar-refractivity contribution in [3.8, 4) is 0 Å². The van der Waals surface area contributed by atoms with Crippen LogP contribution in [0.1, 0.15) is 11.1 Å². The van der Waals surface area contributed by atoms with Gasteiger partial charge in [-0.05, 0) is 37.6 Å². The number of benzene rings is 2. The smallest absolute Gasteiger partial charge is 0.271 e. The Morgan fingerprint density at radius 2 is 1.91 bits per heavy atom. The average Bonchev–Trinajstić information content (AvgIpc) is 2.49. The number of halogens is 1. The van der Waals surface area contributed by atoms with Crippen LogP contribution in [0.2, 0.25) is 5.02 Å². The van der Waals surface area contributed by atoms with Gasteiger partial charge in [-0.3, -0.25) is 15.1 Å². The second kappa shape index (κ2) is 5.85. The topological polar surface area (TPSA) is 68.1 Å². The van der Waals surface area contributed by atoms with Gasteiger partial charge < -0.3 is 5.32 Å². The van der Waals surface area contributed by atoms with Gasteiger partial charge in [-0.1, -0.05) is 23.2 Å². The van der Waals surface area contributed by atoms with Crippen molar-refractivity contribution in [1.82, 2.24) is 4.98 Å². The number of non-ortho nitro benzene ring substituents is 1. The van der Waals surface area contributed by atoms with Gasteiger partial charge in [0, 0.05) is 29.4 Å². The summed E-state index contributed by atoms with van der Waals surface area (Å²) in [5.74, 6) is 0. The largest absolute Gasteiger partial charge is 0.354 e. The van der Waals surface area contributed by atoms with Gasteiger partial charge in [0.25, 0.3) is 5.69 Å². The highest BCUT2D eigenvalue weighted by molar-refractivity contribution is 6.33. The number of rotatable bonds is 3. The first kappa shape index (κ1) is 15.2. The third-order valence-corrected chi connectivity index (χ3v) is 3.93. The molecule has 1 heterocycles. The number of aryl methyl sites for hydroxylation is 2. The second-order valence-corrected chi connectivity index (χ2v) is 5.79. The van der Waals surface area contributed by atoms with E-state index in [-0.39, 0.29) is 5.69 Å². The molecule has 0 fully saturated rings. The van der Waals surface area contributed by atoms with Gasteiger partial charge in [0.2, 0.25) is 0 Å². The number of anilines is 2. The fourth-order valence-corrected chi connectivity index (χ4v) is 2.81. The molecule has 0 aliphatic heterocycles. The zero-order chi connectivity index (χ0) is 16.6. The number of fused-ring (bicyclic) bond motifs is 1. The number of hydrogen-bond acceptors (Lipinski definition) is 4. The lowest BCUT2D eigenvalue weighted by molar-refractivity contribution is -0.384. The van der Waals surface area contributed by atoms with Gasteiger partial charge in [-0.2, -0.15) is 0 Å². The molecule has 0 radical (unpaired) electrons. The summed E-state index contributed by atoms with van der Waals surface area (Å²) in [6, 6.07) is 10.4. The van der Waals surface area contributed by atoms with Crippen LogP contribution in [0, 0.1) is 24.0 Å². The number of nitro groups is 1. The average molecular weight is 328 g/mol. The van der Waals surface area contributed by atoms with Crippen molar-refractivity contribution in [2.45, 2.75) is 13.8 Å². The number of aromatic nitrogens is 1. The predicted molar refractivity (Wildman–Crippen MR) is 92.6 cm³/mol. The Bertz CT molecular complexity index is 925. The minimum atomic E-state index is -0.468. The van der Waals surface area contributed by atoms with Crippen LogP contribution >= 0.6 is 11.6 Å². The molecular formula is C17H14ClN3O2. The lowest BCUT2D eigenvalue weighted by Crippen LogP contribution is -1.96. The van der Waals surface area contributed by atoms with E-state index in [0.29, 0.717) is 10.7 Å². The van der Waals surface area contributed by atoms with Crippen molar-refractivity contribution in [3.63, 3.8) is 0 Å². The fraction of sp³-hybridized carbons (Fsp3) is 0.118. The first-order chi connectivity index (χ1) is 11.0. The maximum Gasteiger partial charge on any atom is 0.271 e. The quantitative estimate of drug-likeness (QED) is 0.533. The van der Waals surface area contributed by atoms with Crippen molar-refractivity contribution in [1.29, 1.82) is 0 Å². The summed E-state index contributed by atoms with van der Waals surface area (Å²) in [6.45, 7) is 4.05. The molecule has 116 valence electrons. The minimum absolute atomic E-state index is 0.0353. The Labute approximate surface area is 138 Å². The minimum Gasteiger partial charge on any atom is -0.354 e. The van der Waals surface area contributed by atoms with Gasteiger partial charge in [0.1, 0.15) is 0 Å². The maximum atomic E-state index is 10.8. The van der Waals surface area contributed by atoms with E-state index in [2.05, 4.69) is 22.4 Å². The normalized spacial score (nSPS) is 10.7. The number of nitrogens with zero attached hydrogens (tertiary/aromatic N) is 2. The van der Waals surface area contributed by atoms with Gasteiger partial charge in [0.15, 0.2) is 0 Å². The Morgan fingerprint density at radius 3 is 2.61 bits per heavy atom. The summed E-state index contributed by atoms with van der Waals surface area (Å²) < 4.78 is 0. The molecule has 0 atom stereocenters. The molecular weight excluding hydrogens is 314 g/mol. The van der Waals surface area contributed by atoms with E-state index in [4.69, 9.17) is 11.6 Å². The Balaban J connectivity index is 2.07. The molecule has 1 aromatic heterocycles. The highest BCUT2D eigenvalue weighted by Crippen LogP contribution is 2.32. The molecule has 0 saturated heterocycles. The van der Waals surface area contributed by atoms with Gasteiger partial charge >= 0.3 is 0 Å². The third-order valence-electron chi connectivity index (χ3n) is 3.61. The summed E-state index contributed by atoms with van der Waals surface area (Å²) in [5, 5.41) is 15.3. The van der Waals surface area contributed by atoms with E-state index in [0.717, 1.165) is 27.7 Å². The number of nitro benzene ring substituents is 1. The van der Waals surface area contributed by atoms with Crippen LogP contribution < -0.4 is 5.32 Å². The summed E-state index contributed by atoms with van der Waals surface area (Å²) in [7, 11) is 0. The molecule has 0 unspecified atom stereocenters. The van der Waals surface area contributed by atoms with Crippen LogP contribution in [0.4, 0.5) is 17.1 Å². The zero-order valence-electron chi connectivity index (χ0n) is 12.6. The molecule has 3 aromatic rings. The van der Waals surface area contributed by atoms with Gasteiger partial charge in [0.05, 0.1) is 21.2 Å². The highest BCUT2D eigenvalue weighted by atomic mass is 35.5. The summed E-state index contributed by atoms with van der Waals surface area (Å²) in [5.41, 5.74) is 4.59. The Hall–Kier alpha value is -2.66. The number of hydrogen-bond donors (Lipinski definition) is 1. The molecule has 0 saturated carbocycles. The van der Waals surface area contributed by atoms with Crippen LogP contribution in [-0.4, -0.2) is 9.91 Å². The van der Waals surface area contributed by atoms with Crippen molar-refractivity contribution >= 4 is 39.6 Å². The molecule has 1 N–H and O–H groups in total. The van der Waals surface area contributed by atoms with Gasteiger partial charge in [-0.15, -0.1) is 0 Å². The molecule has 0 spiro atoms. The monoisotopic (exact) mass is 327 g/mol. The molecule has 3 rings (SSSR count). The molecule has 5 nitrogen and oxygen atoms in total. The first-order valence-electron chi connectivity index (χ1n) is 7.02. The number of pyridine rings is 1. The molecule has 0 aliphatic carbocycles. The lowest BCUT2D eigenvalue weighted by atomic mass is 10.1.